The fourth-order valence-corrected chi connectivity index (χ4v) is 3.45. The van der Waals surface area contributed by atoms with E-state index in [0.29, 0.717) is 38.4 Å². The minimum absolute atomic E-state index is 0.0782. The molecule has 0 aliphatic carbocycles. The number of aryl methyl sites for hydroxylation is 2. The lowest BCUT2D eigenvalue weighted by molar-refractivity contribution is -0.132. The molecule has 2 saturated heterocycles. The van der Waals surface area contributed by atoms with E-state index in [0.717, 1.165) is 37.2 Å². The van der Waals surface area contributed by atoms with Gasteiger partial charge in [0.25, 0.3) is 0 Å². The van der Waals surface area contributed by atoms with Gasteiger partial charge in [0.15, 0.2) is 0 Å². The molecule has 1 aromatic rings. The van der Waals surface area contributed by atoms with E-state index in [2.05, 4.69) is 5.16 Å². The summed E-state index contributed by atoms with van der Waals surface area (Å²) in [5, 5.41) is 3.90. The molecule has 7 nitrogen and oxygen atoms in total. The van der Waals surface area contributed by atoms with Crippen molar-refractivity contribution in [3.05, 3.63) is 17.0 Å². The zero-order chi connectivity index (χ0) is 17.1. The van der Waals surface area contributed by atoms with Crippen molar-refractivity contribution in [2.24, 2.45) is 0 Å². The molecule has 24 heavy (non-hydrogen) atoms. The molecule has 3 heterocycles. The molecule has 132 valence electrons. The van der Waals surface area contributed by atoms with Crippen LogP contribution in [0.3, 0.4) is 0 Å². The highest BCUT2D eigenvalue weighted by Crippen LogP contribution is 2.16. The van der Waals surface area contributed by atoms with Gasteiger partial charge in [0.2, 0.25) is 5.91 Å². The third-order valence-corrected chi connectivity index (χ3v) is 5.04. The van der Waals surface area contributed by atoms with Crippen molar-refractivity contribution >= 4 is 11.9 Å². The van der Waals surface area contributed by atoms with Gasteiger partial charge in [-0.05, 0) is 33.1 Å². The minimum atomic E-state index is 0.0782. The van der Waals surface area contributed by atoms with E-state index in [4.69, 9.17) is 4.52 Å². The Morgan fingerprint density at radius 3 is 2.08 bits per heavy atom. The molecule has 3 rings (SSSR count). The first-order valence-electron chi connectivity index (χ1n) is 8.79. The second-order valence-corrected chi connectivity index (χ2v) is 6.68. The lowest BCUT2D eigenvalue weighted by Crippen LogP contribution is -2.55. The molecule has 1 aromatic heterocycles. The van der Waals surface area contributed by atoms with Crippen LogP contribution < -0.4 is 0 Å². The quantitative estimate of drug-likeness (QED) is 0.823. The Morgan fingerprint density at radius 2 is 1.50 bits per heavy atom. The summed E-state index contributed by atoms with van der Waals surface area (Å²) in [5.74, 6) is 0.786. The van der Waals surface area contributed by atoms with Gasteiger partial charge < -0.3 is 19.2 Å². The van der Waals surface area contributed by atoms with Crippen molar-refractivity contribution in [1.82, 2.24) is 19.9 Å². The zero-order valence-corrected chi connectivity index (χ0v) is 14.6. The van der Waals surface area contributed by atoms with Crippen LogP contribution in [0.1, 0.15) is 36.3 Å². The van der Waals surface area contributed by atoms with E-state index >= 15 is 0 Å². The van der Waals surface area contributed by atoms with E-state index in [1.54, 1.807) is 0 Å². The van der Waals surface area contributed by atoms with Gasteiger partial charge >= 0.3 is 6.03 Å². The third-order valence-electron chi connectivity index (χ3n) is 5.04. The van der Waals surface area contributed by atoms with Gasteiger partial charge in [-0.25, -0.2) is 4.79 Å². The molecule has 0 bridgehead atoms. The number of rotatable bonds is 2. The van der Waals surface area contributed by atoms with Crippen LogP contribution in [0.25, 0.3) is 0 Å². The van der Waals surface area contributed by atoms with Gasteiger partial charge in [-0.1, -0.05) is 5.16 Å². The number of nitrogens with zero attached hydrogens (tertiary/aromatic N) is 4. The number of carbonyl (C=O) groups excluding carboxylic acids is 2. The van der Waals surface area contributed by atoms with Crippen LogP contribution in [0.15, 0.2) is 4.52 Å². The fraction of sp³-hybridized carbons (Fsp3) is 0.706. The number of amides is 3. The van der Waals surface area contributed by atoms with E-state index in [9.17, 15) is 9.59 Å². The molecule has 0 aromatic carbocycles. The van der Waals surface area contributed by atoms with Gasteiger partial charge in [-0.15, -0.1) is 0 Å². The molecule has 7 heteroatoms. The third kappa shape index (κ3) is 3.55. The van der Waals surface area contributed by atoms with Crippen molar-refractivity contribution in [3.63, 3.8) is 0 Å². The molecule has 0 spiro atoms. The van der Waals surface area contributed by atoms with Crippen molar-refractivity contribution in [2.75, 3.05) is 39.3 Å². The lowest BCUT2D eigenvalue weighted by atomic mass is 10.1. The lowest BCUT2D eigenvalue weighted by Gasteiger charge is -2.38. The van der Waals surface area contributed by atoms with Crippen molar-refractivity contribution < 1.29 is 14.1 Å². The average molecular weight is 334 g/mol. The Morgan fingerprint density at radius 1 is 0.917 bits per heavy atom. The van der Waals surface area contributed by atoms with Crippen molar-refractivity contribution in [3.8, 4) is 0 Å². The largest absolute Gasteiger partial charge is 0.361 e. The second kappa shape index (κ2) is 7.23. The molecule has 3 amide bonds. The Hall–Kier alpha value is -2.05. The van der Waals surface area contributed by atoms with Gasteiger partial charge in [0.1, 0.15) is 5.76 Å². The number of aromatic nitrogens is 1. The van der Waals surface area contributed by atoms with Crippen LogP contribution in [0.5, 0.6) is 0 Å². The SMILES string of the molecule is Cc1noc(C)c1CC(=O)N1CCN(C(=O)N2CCCCC2)CC1. The van der Waals surface area contributed by atoms with Crippen LogP contribution >= 0.6 is 0 Å². The summed E-state index contributed by atoms with van der Waals surface area (Å²) >= 11 is 0. The van der Waals surface area contributed by atoms with Crippen LogP contribution in [0.4, 0.5) is 4.79 Å². The summed E-state index contributed by atoms with van der Waals surface area (Å²) in [7, 11) is 0. The maximum Gasteiger partial charge on any atom is 0.320 e. The zero-order valence-electron chi connectivity index (χ0n) is 14.6. The Kier molecular flexibility index (Phi) is 5.06. The number of hydrogen-bond acceptors (Lipinski definition) is 4. The second-order valence-electron chi connectivity index (χ2n) is 6.68. The molecule has 0 radical (unpaired) electrons. The molecule has 2 fully saturated rings. The first kappa shape index (κ1) is 16.8. The Labute approximate surface area is 142 Å². The van der Waals surface area contributed by atoms with Gasteiger partial charge in [0.05, 0.1) is 12.1 Å². The van der Waals surface area contributed by atoms with Gasteiger partial charge in [-0.2, -0.15) is 0 Å². The van der Waals surface area contributed by atoms with E-state index < -0.39 is 0 Å². The molecule has 0 N–H and O–H groups in total. The molecule has 0 unspecified atom stereocenters. The fourth-order valence-electron chi connectivity index (χ4n) is 3.45. The number of carbonyl (C=O) groups is 2. The Balaban J connectivity index is 1.51. The first-order valence-corrected chi connectivity index (χ1v) is 8.79. The predicted octanol–water partition coefficient (Wildman–Crippen LogP) is 1.58. The van der Waals surface area contributed by atoms with Crippen LogP contribution in [0.2, 0.25) is 0 Å². The summed E-state index contributed by atoms with van der Waals surface area (Å²) in [5.41, 5.74) is 1.66. The van der Waals surface area contributed by atoms with Crippen LogP contribution in [-0.2, 0) is 11.2 Å². The van der Waals surface area contributed by atoms with E-state index in [1.807, 2.05) is 28.5 Å². The Bertz CT molecular complexity index is 579. The topological polar surface area (TPSA) is 69.9 Å². The number of piperazine rings is 1. The first-order chi connectivity index (χ1) is 11.6. The summed E-state index contributed by atoms with van der Waals surface area (Å²) in [6.45, 7) is 7.84. The maximum atomic E-state index is 12.5. The molecule has 0 saturated carbocycles. The summed E-state index contributed by atoms with van der Waals surface area (Å²) in [6.07, 6.45) is 3.73. The minimum Gasteiger partial charge on any atom is -0.361 e. The summed E-state index contributed by atoms with van der Waals surface area (Å²) < 4.78 is 5.12. The maximum absolute atomic E-state index is 12.5. The highest BCUT2D eigenvalue weighted by molar-refractivity contribution is 5.80. The standard InChI is InChI=1S/C17H26N4O3/c1-13-15(14(2)24-18-13)12-16(22)19-8-10-21(11-9-19)17(23)20-6-4-3-5-7-20/h3-12H2,1-2H3. The highest BCUT2D eigenvalue weighted by atomic mass is 16.5. The molecule has 2 aliphatic rings. The smallest absolute Gasteiger partial charge is 0.320 e. The highest BCUT2D eigenvalue weighted by Gasteiger charge is 2.28. The summed E-state index contributed by atoms with van der Waals surface area (Å²) in [6, 6.07) is 0.132. The van der Waals surface area contributed by atoms with E-state index in [1.165, 1.54) is 6.42 Å². The van der Waals surface area contributed by atoms with Crippen LogP contribution in [0, 0.1) is 13.8 Å². The molecular weight excluding hydrogens is 308 g/mol. The van der Waals surface area contributed by atoms with E-state index in [-0.39, 0.29) is 11.9 Å². The van der Waals surface area contributed by atoms with Crippen molar-refractivity contribution in [1.29, 1.82) is 0 Å². The number of piperidine rings is 1. The number of hydrogen-bond donors (Lipinski definition) is 0. The van der Waals surface area contributed by atoms with Crippen molar-refractivity contribution in [2.45, 2.75) is 39.5 Å². The number of urea groups is 1. The molecular formula is C17H26N4O3. The molecule has 0 atom stereocenters. The predicted molar refractivity (Wildman–Crippen MR) is 88.7 cm³/mol. The normalized spacial score (nSPS) is 18.8. The molecule has 2 aliphatic heterocycles. The number of likely N-dealkylation sites (tertiary alicyclic amines) is 1. The van der Waals surface area contributed by atoms with Crippen LogP contribution in [-0.4, -0.2) is 71.1 Å². The average Bonchev–Trinajstić information content (AvgIpc) is 2.94. The van der Waals surface area contributed by atoms with Gasteiger partial charge in [-0.3, -0.25) is 4.79 Å². The summed E-state index contributed by atoms with van der Waals surface area (Å²) in [4.78, 5) is 30.7. The monoisotopic (exact) mass is 334 g/mol. The van der Waals surface area contributed by atoms with Gasteiger partial charge in [0, 0.05) is 44.8 Å².